The number of pyridine rings is 1. The molecule has 4 nitrogen and oxygen atoms in total. The number of methoxy groups -OCH3 is 1. The molecule has 0 bridgehead atoms. The Bertz CT molecular complexity index is 404. The van der Waals surface area contributed by atoms with E-state index in [1.165, 1.54) is 7.11 Å². The van der Waals surface area contributed by atoms with E-state index in [4.69, 9.17) is 4.74 Å². The highest BCUT2D eigenvalue weighted by molar-refractivity contribution is 5.89. The molecule has 0 unspecified atom stereocenters. The summed E-state index contributed by atoms with van der Waals surface area (Å²) in [6, 6.07) is 3.44. The first-order chi connectivity index (χ1) is 7.27. The number of nitrogens with zero attached hydrogens (tertiary/aromatic N) is 1. The molecule has 0 aliphatic heterocycles. The lowest BCUT2D eigenvalue weighted by Crippen LogP contribution is -2.00. The van der Waals surface area contributed by atoms with Gasteiger partial charge in [-0.1, -0.05) is 0 Å². The van der Waals surface area contributed by atoms with Crippen molar-refractivity contribution in [2.24, 2.45) is 0 Å². The van der Waals surface area contributed by atoms with E-state index >= 15 is 0 Å². The molecule has 0 fully saturated rings. The maximum Gasteiger partial charge on any atom is 0.384 e. The highest BCUT2D eigenvalue weighted by Crippen LogP contribution is 2.11. The van der Waals surface area contributed by atoms with Gasteiger partial charge in [0.25, 0.3) is 0 Å². The third-order valence-electron chi connectivity index (χ3n) is 1.54. The number of ether oxygens (including phenoxy) is 2. The van der Waals surface area contributed by atoms with Crippen LogP contribution in [0.15, 0.2) is 18.3 Å². The predicted molar refractivity (Wildman–Crippen MR) is 54.3 cm³/mol. The minimum absolute atomic E-state index is 0.317. The van der Waals surface area contributed by atoms with Crippen LogP contribution in [0.25, 0.3) is 0 Å². The maximum absolute atomic E-state index is 11.0. The fourth-order valence-corrected chi connectivity index (χ4v) is 0.934. The Morgan fingerprint density at radius 3 is 3.07 bits per heavy atom. The second-order valence-corrected chi connectivity index (χ2v) is 2.53. The zero-order valence-corrected chi connectivity index (χ0v) is 8.61. The van der Waals surface area contributed by atoms with Crippen LogP contribution in [0.2, 0.25) is 0 Å². The van der Waals surface area contributed by atoms with Crippen LogP contribution in [-0.4, -0.2) is 24.7 Å². The second-order valence-electron chi connectivity index (χ2n) is 2.53. The van der Waals surface area contributed by atoms with Gasteiger partial charge in [0.15, 0.2) is 0 Å². The van der Waals surface area contributed by atoms with Crippen LogP contribution in [0.5, 0.6) is 5.88 Å². The number of hydrogen-bond acceptors (Lipinski definition) is 4. The van der Waals surface area contributed by atoms with Crippen LogP contribution < -0.4 is 4.74 Å². The predicted octanol–water partition coefficient (Wildman–Crippen LogP) is 1.00. The van der Waals surface area contributed by atoms with Gasteiger partial charge in [0.2, 0.25) is 5.88 Å². The summed E-state index contributed by atoms with van der Waals surface area (Å²) < 4.78 is 9.64. The Morgan fingerprint density at radius 2 is 2.40 bits per heavy atom. The van der Waals surface area contributed by atoms with Crippen LogP contribution in [0, 0.1) is 11.8 Å². The fraction of sp³-hybridized carbons (Fsp3) is 0.273. The first-order valence-electron chi connectivity index (χ1n) is 4.45. The largest absolute Gasteiger partial charge is 0.480 e. The molecule has 0 atom stereocenters. The number of aromatic nitrogens is 1. The van der Waals surface area contributed by atoms with Crippen molar-refractivity contribution in [2.45, 2.75) is 6.92 Å². The molecule has 0 aliphatic rings. The summed E-state index contributed by atoms with van der Waals surface area (Å²) in [4.78, 5) is 14.9. The van der Waals surface area contributed by atoms with Gasteiger partial charge in [0.05, 0.1) is 19.3 Å². The van der Waals surface area contributed by atoms with E-state index in [0.29, 0.717) is 18.1 Å². The molecule has 1 aromatic rings. The van der Waals surface area contributed by atoms with Crippen molar-refractivity contribution < 1.29 is 14.3 Å². The molecule has 0 N–H and O–H groups in total. The van der Waals surface area contributed by atoms with Crippen molar-refractivity contribution >= 4 is 5.97 Å². The number of carbonyl (C=O) groups excluding carboxylic acids is 1. The molecule has 0 saturated carbocycles. The Hall–Kier alpha value is -2.02. The minimum atomic E-state index is -0.552. The molecular formula is C11H11NO3. The zero-order valence-electron chi connectivity index (χ0n) is 8.61. The monoisotopic (exact) mass is 205 g/mol. The average Bonchev–Trinajstić information content (AvgIpc) is 2.27. The van der Waals surface area contributed by atoms with Crippen molar-refractivity contribution in [3.63, 3.8) is 0 Å². The van der Waals surface area contributed by atoms with Crippen molar-refractivity contribution in [2.75, 3.05) is 13.7 Å². The summed E-state index contributed by atoms with van der Waals surface area (Å²) in [6.07, 6.45) is 1.59. The Balaban J connectivity index is 2.83. The normalized spacial score (nSPS) is 8.67. The topological polar surface area (TPSA) is 48.4 Å². The minimum Gasteiger partial charge on any atom is -0.480 e. The molecule has 15 heavy (non-hydrogen) atoms. The highest BCUT2D eigenvalue weighted by Gasteiger charge is 1.99. The van der Waals surface area contributed by atoms with Crippen LogP contribution in [0.1, 0.15) is 12.5 Å². The number of esters is 1. The van der Waals surface area contributed by atoms with Gasteiger partial charge in [0.1, 0.15) is 0 Å². The molecule has 1 heterocycles. The summed E-state index contributed by atoms with van der Waals surface area (Å²) in [6.45, 7) is 2.04. The molecule has 0 amide bonds. The lowest BCUT2D eigenvalue weighted by Gasteiger charge is -1.99. The van der Waals surface area contributed by atoms with Gasteiger partial charge < -0.3 is 9.47 Å². The summed E-state index contributed by atoms with van der Waals surface area (Å²) in [5.74, 6) is 4.83. The fourth-order valence-electron chi connectivity index (χ4n) is 0.934. The summed E-state index contributed by atoms with van der Waals surface area (Å²) in [5, 5.41) is 0. The SMILES string of the molecule is CCOC(=O)C#Cc1cccnc1OC. The van der Waals surface area contributed by atoms with E-state index < -0.39 is 5.97 Å². The molecule has 0 spiro atoms. The first-order valence-corrected chi connectivity index (χ1v) is 4.45. The third-order valence-corrected chi connectivity index (χ3v) is 1.54. The average molecular weight is 205 g/mol. The van der Waals surface area contributed by atoms with Crippen LogP contribution in [0.3, 0.4) is 0 Å². The van der Waals surface area contributed by atoms with Gasteiger partial charge in [-0.25, -0.2) is 9.78 Å². The van der Waals surface area contributed by atoms with Gasteiger partial charge in [-0.3, -0.25) is 0 Å². The van der Waals surface area contributed by atoms with E-state index in [1.54, 1.807) is 25.3 Å². The zero-order chi connectivity index (χ0) is 11.1. The van der Waals surface area contributed by atoms with E-state index in [0.717, 1.165) is 0 Å². The van der Waals surface area contributed by atoms with Gasteiger partial charge >= 0.3 is 5.97 Å². The van der Waals surface area contributed by atoms with E-state index in [2.05, 4.69) is 21.6 Å². The maximum atomic E-state index is 11.0. The quantitative estimate of drug-likeness (QED) is 0.534. The Kier molecular flexibility index (Phi) is 4.17. The summed E-state index contributed by atoms with van der Waals surface area (Å²) >= 11 is 0. The first kappa shape index (κ1) is 11.1. The van der Waals surface area contributed by atoms with Crippen molar-refractivity contribution in [1.29, 1.82) is 0 Å². The molecule has 1 rings (SSSR count). The lowest BCUT2D eigenvalue weighted by atomic mass is 10.3. The van der Waals surface area contributed by atoms with E-state index in [-0.39, 0.29) is 0 Å². The highest BCUT2D eigenvalue weighted by atomic mass is 16.5. The third kappa shape index (κ3) is 3.31. The Morgan fingerprint density at radius 1 is 1.60 bits per heavy atom. The van der Waals surface area contributed by atoms with Gasteiger partial charge in [0, 0.05) is 12.1 Å². The summed E-state index contributed by atoms with van der Waals surface area (Å²) in [5.41, 5.74) is 0.563. The van der Waals surface area contributed by atoms with Crippen molar-refractivity contribution in [1.82, 2.24) is 4.98 Å². The number of carbonyl (C=O) groups is 1. The van der Waals surface area contributed by atoms with E-state index in [1.807, 2.05) is 0 Å². The van der Waals surface area contributed by atoms with Crippen LogP contribution in [0.4, 0.5) is 0 Å². The number of rotatable bonds is 2. The second kappa shape index (κ2) is 5.66. The molecule has 0 saturated heterocycles. The molecule has 0 aromatic carbocycles. The number of hydrogen-bond donors (Lipinski definition) is 0. The standard InChI is InChI=1S/C11H11NO3/c1-3-15-10(13)7-6-9-5-4-8-12-11(9)14-2/h4-5,8H,3H2,1-2H3. The smallest absolute Gasteiger partial charge is 0.384 e. The van der Waals surface area contributed by atoms with Crippen LogP contribution in [-0.2, 0) is 9.53 Å². The van der Waals surface area contributed by atoms with E-state index in [9.17, 15) is 4.79 Å². The van der Waals surface area contributed by atoms with Crippen LogP contribution >= 0.6 is 0 Å². The van der Waals surface area contributed by atoms with Gasteiger partial charge in [-0.15, -0.1) is 0 Å². The van der Waals surface area contributed by atoms with Crippen molar-refractivity contribution in [3.05, 3.63) is 23.9 Å². The lowest BCUT2D eigenvalue weighted by molar-refractivity contribution is -0.136. The molecule has 78 valence electrons. The summed E-state index contributed by atoms with van der Waals surface area (Å²) in [7, 11) is 1.50. The molecular weight excluding hydrogens is 194 g/mol. The molecule has 0 aliphatic carbocycles. The Labute approximate surface area is 88.2 Å². The molecule has 1 aromatic heterocycles. The molecule has 0 radical (unpaired) electrons. The van der Waals surface area contributed by atoms with Gasteiger partial charge in [-0.2, -0.15) is 0 Å². The van der Waals surface area contributed by atoms with Gasteiger partial charge in [-0.05, 0) is 25.0 Å². The molecule has 4 heteroatoms. The van der Waals surface area contributed by atoms with Crippen molar-refractivity contribution in [3.8, 4) is 17.7 Å².